The highest BCUT2D eigenvalue weighted by atomic mass is 16.5. The van der Waals surface area contributed by atoms with Crippen LogP contribution in [0, 0.1) is 5.92 Å². The topological polar surface area (TPSA) is 58.6 Å². The van der Waals surface area contributed by atoms with E-state index in [1.807, 2.05) is 48.5 Å². The second-order valence-electron chi connectivity index (χ2n) is 7.49. The van der Waals surface area contributed by atoms with Gasteiger partial charge >= 0.3 is 0 Å². The summed E-state index contributed by atoms with van der Waals surface area (Å²) >= 11 is 0. The van der Waals surface area contributed by atoms with Gasteiger partial charge in [-0.1, -0.05) is 38.8 Å². The lowest BCUT2D eigenvalue weighted by atomic mass is 10.1. The van der Waals surface area contributed by atoms with Gasteiger partial charge in [0, 0.05) is 24.3 Å². The normalized spacial score (nSPS) is 16.1. The average molecular weight is 395 g/mol. The molecule has 2 aromatic rings. The lowest BCUT2D eigenvalue weighted by molar-refractivity contribution is -0.122. The average Bonchev–Trinajstić information content (AvgIpc) is 3.14. The van der Waals surface area contributed by atoms with Crippen LogP contribution in [0.4, 0.5) is 11.4 Å². The molecule has 1 aliphatic rings. The second kappa shape index (κ2) is 10.1. The van der Waals surface area contributed by atoms with Crippen molar-refractivity contribution in [1.82, 2.24) is 0 Å². The second-order valence-corrected chi connectivity index (χ2v) is 7.49. The fraction of sp³-hybridized carbons (Fsp3) is 0.417. The summed E-state index contributed by atoms with van der Waals surface area (Å²) in [6, 6.07) is 15.4. The van der Waals surface area contributed by atoms with Gasteiger partial charge in [0.1, 0.15) is 5.75 Å². The van der Waals surface area contributed by atoms with E-state index in [-0.39, 0.29) is 24.2 Å². The lowest BCUT2D eigenvalue weighted by Gasteiger charge is -2.17. The van der Waals surface area contributed by atoms with Gasteiger partial charge in [-0.05, 0) is 54.8 Å². The van der Waals surface area contributed by atoms with Gasteiger partial charge in [0.25, 0.3) is 0 Å². The fourth-order valence-electron chi connectivity index (χ4n) is 3.47. The van der Waals surface area contributed by atoms with E-state index >= 15 is 0 Å². The molecule has 0 saturated carbocycles. The molecule has 154 valence electrons. The van der Waals surface area contributed by atoms with Crippen LogP contribution in [0.3, 0.4) is 0 Å². The van der Waals surface area contributed by atoms with E-state index in [1.54, 1.807) is 4.90 Å². The third-order valence-electron chi connectivity index (χ3n) is 5.29. The van der Waals surface area contributed by atoms with Crippen LogP contribution in [0.5, 0.6) is 5.75 Å². The highest BCUT2D eigenvalue weighted by molar-refractivity contribution is 6.03. The molecule has 29 heavy (non-hydrogen) atoms. The van der Waals surface area contributed by atoms with Crippen molar-refractivity contribution >= 4 is 23.2 Å². The van der Waals surface area contributed by atoms with Crippen molar-refractivity contribution in [2.24, 2.45) is 5.92 Å². The predicted molar refractivity (Wildman–Crippen MR) is 116 cm³/mol. The molecule has 0 spiro atoms. The van der Waals surface area contributed by atoms with Crippen LogP contribution in [0.1, 0.15) is 45.1 Å². The van der Waals surface area contributed by atoms with Crippen LogP contribution in [0.25, 0.3) is 0 Å². The summed E-state index contributed by atoms with van der Waals surface area (Å²) in [5, 5.41) is 2.92. The van der Waals surface area contributed by atoms with Crippen LogP contribution >= 0.6 is 0 Å². The molecule has 0 aromatic heterocycles. The van der Waals surface area contributed by atoms with Crippen LogP contribution < -0.4 is 15.0 Å². The number of hydrogen-bond donors (Lipinski definition) is 1. The van der Waals surface area contributed by atoms with Gasteiger partial charge in [0.15, 0.2) is 0 Å². The maximum Gasteiger partial charge on any atom is 0.229 e. The monoisotopic (exact) mass is 394 g/mol. The first-order valence-corrected chi connectivity index (χ1v) is 10.5. The van der Waals surface area contributed by atoms with Crippen molar-refractivity contribution in [3.05, 3.63) is 54.1 Å². The number of carbonyl (C=O) groups excluding carboxylic acids is 2. The zero-order chi connectivity index (χ0) is 20.6. The minimum atomic E-state index is -0.349. The third-order valence-corrected chi connectivity index (χ3v) is 5.29. The van der Waals surface area contributed by atoms with Crippen LogP contribution in [0.2, 0.25) is 0 Å². The Morgan fingerprint density at radius 2 is 1.79 bits per heavy atom. The summed E-state index contributed by atoms with van der Waals surface area (Å²) in [7, 11) is 0. The molecule has 0 radical (unpaired) electrons. The number of hydrogen-bond acceptors (Lipinski definition) is 3. The number of anilines is 2. The van der Waals surface area contributed by atoms with Crippen molar-refractivity contribution in [1.29, 1.82) is 0 Å². The summed E-state index contributed by atoms with van der Waals surface area (Å²) in [4.78, 5) is 26.8. The van der Waals surface area contributed by atoms with E-state index in [0.717, 1.165) is 30.7 Å². The maximum absolute atomic E-state index is 12.6. The van der Waals surface area contributed by atoms with Gasteiger partial charge < -0.3 is 15.0 Å². The van der Waals surface area contributed by atoms with E-state index in [2.05, 4.69) is 19.2 Å². The first-order chi connectivity index (χ1) is 14.1. The van der Waals surface area contributed by atoms with E-state index in [1.165, 1.54) is 12.0 Å². The molecule has 0 aliphatic carbocycles. The standard InChI is InChI=1S/C24H30N2O3/c1-3-5-6-15-29-22-13-9-20(10-14-22)25-24(28)19-16-23(27)26(17-19)21-11-7-18(4-2)8-12-21/h7-14,19H,3-6,15-17H2,1-2H3,(H,25,28)/t19-/m1/s1. The first kappa shape index (κ1) is 20.9. The molecule has 1 atom stereocenters. The quantitative estimate of drug-likeness (QED) is 0.621. The number of rotatable bonds is 9. The Morgan fingerprint density at radius 3 is 2.45 bits per heavy atom. The SMILES string of the molecule is CCCCCOc1ccc(NC(=O)[C@@H]2CC(=O)N(c3ccc(CC)cc3)C2)cc1. The number of amides is 2. The van der Waals surface area contributed by atoms with Crippen molar-refractivity contribution in [3.63, 3.8) is 0 Å². The molecule has 5 nitrogen and oxygen atoms in total. The van der Waals surface area contributed by atoms with Crippen LogP contribution in [-0.4, -0.2) is 25.0 Å². The van der Waals surface area contributed by atoms with Crippen LogP contribution in [0.15, 0.2) is 48.5 Å². The molecule has 1 heterocycles. The summed E-state index contributed by atoms with van der Waals surface area (Å²) < 4.78 is 5.70. The lowest BCUT2D eigenvalue weighted by Crippen LogP contribution is -2.28. The summed E-state index contributed by atoms with van der Waals surface area (Å²) in [6.45, 7) is 5.38. The highest BCUT2D eigenvalue weighted by Crippen LogP contribution is 2.27. The fourth-order valence-corrected chi connectivity index (χ4v) is 3.47. The molecular weight excluding hydrogens is 364 g/mol. The molecule has 3 rings (SSSR count). The van der Waals surface area contributed by atoms with Crippen molar-refractivity contribution in [3.8, 4) is 5.75 Å². The third kappa shape index (κ3) is 5.59. The van der Waals surface area contributed by atoms with Gasteiger partial charge in [-0.15, -0.1) is 0 Å². The first-order valence-electron chi connectivity index (χ1n) is 10.5. The highest BCUT2D eigenvalue weighted by Gasteiger charge is 2.35. The minimum Gasteiger partial charge on any atom is -0.494 e. The Kier molecular flexibility index (Phi) is 7.28. The van der Waals surface area contributed by atoms with Gasteiger partial charge in [-0.2, -0.15) is 0 Å². The maximum atomic E-state index is 12.6. The summed E-state index contributed by atoms with van der Waals surface area (Å²) in [5.41, 5.74) is 2.80. The molecule has 1 fully saturated rings. The van der Waals surface area contributed by atoms with Gasteiger partial charge in [-0.3, -0.25) is 9.59 Å². The molecule has 2 amide bonds. The Labute approximate surface area is 173 Å². The minimum absolute atomic E-state index is 0.00905. The Balaban J connectivity index is 1.53. The molecule has 5 heteroatoms. The van der Waals surface area contributed by atoms with E-state index < -0.39 is 0 Å². The largest absolute Gasteiger partial charge is 0.494 e. The number of unbranched alkanes of at least 4 members (excludes halogenated alkanes) is 2. The summed E-state index contributed by atoms with van der Waals surface area (Å²) in [5.74, 6) is 0.322. The number of carbonyl (C=O) groups is 2. The predicted octanol–water partition coefficient (Wildman–Crippen LogP) is 4.81. The zero-order valence-electron chi connectivity index (χ0n) is 17.3. The Hall–Kier alpha value is -2.82. The Bertz CT molecular complexity index is 815. The van der Waals surface area contributed by atoms with E-state index in [4.69, 9.17) is 4.74 Å². The smallest absolute Gasteiger partial charge is 0.229 e. The van der Waals surface area contributed by atoms with Crippen molar-refractivity contribution in [2.45, 2.75) is 46.0 Å². The van der Waals surface area contributed by atoms with Gasteiger partial charge in [-0.25, -0.2) is 0 Å². The van der Waals surface area contributed by atoms with E-state index in [0.29, 0.717) is 18.8 Å². The van der Waals surface area contributed by atoms with Gasteiger partial charge in [0.2, 0.25) is 11.8 Å². The van der Waals surface area contributed by atoms with E-state index in [9.17, 15) is 9.59 Å². The van der Waals surface area contributed by atoms with Crippen molar-refractivity contribution in [2.75, 3.05) is 23.4 Å². The number of benzene rings is 2. The van der Waals surface area contributed by atoms with Crippen molar-refractivity contribution < 1.29 is 14.3 Å². The molecule has 0 bridgehead atoms. The molecule has 1 saturated heterocycles. The van der Waals surface area contributed by atoms with Crippen LogP contribution in [-0.2, 0) is 16.0 Å². The summed E-state index contributed by atoms with van der Waals surface area (Å²) in [6.07, 6.45) is 4.57. The number of nitrogens with zero attached hydrogens (tertiary/aromatic N) is 1. The molecule has 2 aromatic carbocycles. The molecule has 0 unspecified atom stereocenters. The molecule has 1 N–H and O–H groups in total. The number of nitrogens with one attached hydrogen (secondary N) is 1. The molecule has 1 aliphatic heterocycles. The van der Waals surface area contributed by atoms with Gasteiger partial charge in [0.05, 0.1) is 12.5 Å². The molecular formula is C24H30N2O3. The number of aryl methyl sites for hydroxylation is 1. The number of ether oxygens (including phenoxy) is 1. The zero-order valence-corrected chi connectivity index (χ0v) is 17.3. The Morgan fingerprint density at radius 1 is 1.07 bits per heavy atom.